The molecular weight excluding hydrogens is 240 g/mol. The zero-order valence-electron chi connectivity index (χ0n) is 8.82. The third-order valence-corrected chi connectivity index (χ3v) is 3.44. The molecule has 0 bridgehead atoms. The van der Waals surface area contributed by atoms with Crippen LogP contribution in [-0.4, -0.2) is 11.5 Å². The zero-order chi connectivity index (χ0) is 11.2. The Morgan fingerprint density at radius 2 is 2.19 bits per heavy atom. The minimum atomic E-state index is 0.849. The number of hydrogen-bond acceptors (Lipinski definition) is 3. The van der Waals surface area contributed by atoms with Gasteiger partial charge in [-0.05, 0) is 24.3 Å². The summed E-state index contributed by atoms with van der Waals surface area (Å²) in [5.41, 5.74) is 1.12. The topological polar surface area (TPSA) is 24.9 Å². The molecule has 0 atom stereocenters. The lowest BCUT2D eigenvalue weighted by Crippen LogP contribution is -2.16. The van der Waals surface area contributed by atoms with Gasteiger partial charge in [-0.15, -0.1) is 11.3 Å². The highest BCUT2D eigenvalue weighted by Gasteiger charge is 1.97. The fourth-order valence-corrected chi connectivity index (χ4v) is 2.48. The van der Waals surface area contributed by atoms with E-state index >= 15 is 0 Å². The Bertz CT molecular complexity index is 428. The molecule has 1 N–H and O–H groups in total. The van der Waals surface area contributed by atoms with Crippen molar-refractivity contribution in [2.45, 2.75) is 13.0 Å². The summed E-state index contributed by atoms with van der Waals surface area (Å²) in [6.45, 7) is 1.82. The first-order chi connectivity index (χ1) is 7.84. The Balaban J connectivity index is 1.69. The smallest absolute Gasteiger partial charge is 0.0931 e. The second kappa shape index (κ2) is 5.99. The van der Waals surface area contributed by atoms with E-state index in [-0.39, 0.29) is 0 Å². The van der Waals surface area contributed by atoms with E-state index in [1.54, 1.807) is 11.3 Å². The summed E-state index contributed by atoms with van der Waals surface area (Å²) in [5.74, 6) is 0. The molecule has 16 heavy (non-hydrogen) atoms. The first-order valence-corrected chi connectivity index (χ1v) is 6.39. The first kappa shape index (κ1) is 11.6. The Morgan fingerprint density at radius 3 is 2.88 bits per heavy atom. The number of nitrogens with zero attached hydrogens (tertiary/aromatic N) is 1. The minimum absolute atomic E-state index is 0.849. The fourth-order valence-electron chi connectivity index (χ4n) is 1.42. The van der Waals surface area contributed by atoms with Gasteiger partial charge < -0.3 is 5.32 Å². The van der Waals surface area contributed by atoms with Crippen LogP contribution in [-0.2, 0) is 13.0 Å². The molecule has 0 aliphatic carbocycles. The van der Waals surface area contributed by atoms with Crippen LogP contribution in [0.25, 0.3) is 0 Å². The van der Waals surface area contributed by atoms with Crippen molar-refractivity contribution in [1.29, 1.82) is 0 Å². The van der Waals surface area contributed by atoms with Gasteiger partial charge in [-0.2, -0.15) is 0 Å². The number of aromatic nitrogens is 1. The molecule has 0 spiro atoms. The quantitative estimate of drug-likeness (QED) is 0.827. The number of thiophene rings is 1. The normalized spacial score (nSPS) is 10.6. The Labute approximate surface area is 104 Å². The molecule has 2 aromatic rings. The fraction of sp³-hybridized carbons (Fsp3) is 0.250. The van der Waals surface area contributed by atoms with E-state index in [0.29, 0.717) is 0 Å². The molecule has 0 radical (unpaired) electrons. The van der Waals surface area contributed by atoms with Gasteiger partial charge >= 0.3 is 0 Å². The maximum atomic E-state index is 5.85. The van der Waals surface area contributed by atoms with E-state index in [2.05, 4.69) is 16.4 Å². The van der Waals surface area contributed by atoms with Gasteiger partial charge in [0.1, 0.15) is 0 Å². The van der Waals surface area contributed by atoms with Crippen molar-refractivity contribution in [3.63, 3.8) is 0 Å². The summed E-state index contributed by atoms with van der Waals surface area (Å²) >= 11 is 7.47. The van der Waals surface area contributed by atoms with E-state index in [1.165, 1.54) is 4.88 Å². The van der Waals surface area contributed by atoms with Crippen LogP contribution >= 0.6 is 22.9 Å². The van der Waals surface area contributed by atoms with Crippen LogP contribution in [0.15, 0.2) is 36.5 Å². The first-order valence-electron chi connectivity index (χ1n) is 5.19. The zero-order valence-corrected chi connectivity index (χ0v) is 10.4. The second-order valence-corrected chi connectivity index (χ2v) is 5.25. The van der Waals surface area contributed by atoms with Crippen LogP contribution in [0.2, 0.25) is 4.34 Å². The van der Waals surface area contributed by atoms with E-state index in [9.17, 15) is 0 Å². The number of hydrogen-bond donors (Lipinski definition) is 1. The van der Waals surface area contributed by atoms with Crippen LogP contribution in [0.5, 0.6) is 0 Å². The molecule has 0 fully saturated rings. The average Bonchev–Trinajstić information content (AvgIpc) is 2.72. The van der Waals surface area contributed by atoms with Crippen molar-refractivity contribution in [2.24, 2.45) is 0 Å². The summed E-state index contributed by atoms with van der Waals surface area (Å²) in [6, 6.07) is 9.98. The van der Waals surface area contributed by atoms with E-state index in [1.807, 2.05) is 30.5 Å². The van der Waals surface area contributed by atoms with Crippen LogP contribution in [0, 0.1) is 0 Å². The highest BCUT2D eigenvalue weighted by Crippen LogP contribution is 2.20. The molecular formula is C12H13ClN2S. The van der Waals surface area contributed by atoms with E-state index < -0.39 is 0 Å². The predicted molar refractivity (Wildman–Crippen MR) is 69.0 cm³/mol. The molecule has 0 amide bonds. The summed E-state index contributed by atoms with van der Waals surface area (Å²) < 4.78 is 0.849. The maximum absolute atomic E-state index is 5.85. The van der Waals surface area contributed by atoms with Gasteiger partial charge in [0, 0.05) is 36.3 Å². The van der Waals surface area contributed by atoms with Crippen molar-refractivity contribution in [1.82, 2.24) is 10.3 Å². The molecule has 2 nitrogen and oxygen atoms in total. The molecule has 2 rings (SSSR count). The SMILES string of the molecule is Clc1ccc(CNCCc2ccccn2)s1. The highest BCUT2D eigenvalue weighted by atomic mass is 35.5. The molecule has 0 aromatic carbocycles. The number of rotatable bonds is 5. The average molecular weight is 253 g/mol. The lowest BCUT2D eigenvalue weighted by atomic mass is 10.3. The van der Waals surface area contributed by atoms with Crippen molar-refractivity contribution in [2.75, 3.05) is 6.54 Å². The monoisotopic (exact) mass is 252 g/mol. The van der Waals surface area contributed by atoms with Gasteiger partial charge in [0.15, 0.2) is 0 Å². The molecule has 4 heteroatoms. The summed E-state index contributed by atoms with van der Waals surface area (Å²) in [5, 5.41) is 3.38. The second-order valence-electron chi connectivity index (χ2n) is 3.45. The van der Waals surface area contributed by atoms with Gasteiger partial charge in [0.25, 0.3) is 0 Å². The largest absolute Gasteiger partial charge is 0.311 e. The Hall–Kier alpha value is -0.900. The number of pyridine rings is 1. The summed E-state index contributed by atoms with van der Waals surface area (Å²) in [7, 11) is 0. The minimum Gasteiger partial charge on any atom is -0.311 e. The van der Waals surface area contributed by atoms with Crippen LogP contribution < -0.4 is 5.32 Å². The summed E-state index contributed by atoms with van der Waals surface area (Å²) in [6.07, 6.45) is 2.79. The third kappa shape index (κ3) is 3.59. The van der Waals surface area contributed by atoms with Gasteiger partial charge in [-0.25, -0.2) is 0 Å². The molecule has 2 aromatic heterocycles. The molecule has 0 aliphatic heterocycles. The van der Waals surface area contributed by atoms with Crippen molar-refractivity contribution < 1.29 is 0 Å². The van der Waals surface area contributed by atoms with Crippen LogP contribution in [0.4, 0.5) is 0 Å². The predicted octanol–water partition coefficient (Wildman–Crippen LogP) is 3.13. The lowest BCUT2D eigenvalue weighted by Gasteiger charge is -2.02. The summed E-state index contributed by atoms with van der Waals surface area (Å²) in [4.78, 5) is 5.54. The van der Waals surface area contributed by atoms with Crippen LogP contribution in [0.3, 0.4) is 0 Å². The molecule has 0 aliphatic rings. The van der Waals surface area contributed by atoms with Gasteiger partial charge in [0.05, 0.1) is 4.34 Å². The molecule has 0 saturated heterocycles. The third-order valence-electron chi connectivity index (χ3n) is 2.21. The molecule has 84 valence electrons. The van der Waals surface area contributed by atoms with Crippen molar-refractivity contribution >= 4 is 22.9 Å². The molecule has 2 heterocycles. The maximum Gasteiger partial charge on any atom is 0.0931 e. The van der Waals surface area contributed by atoms with Gasteiger partial charge in [-0.1, -0.05) is 17.7 Å². The molecule has 0 unspecified atom stereocenters. The van der Waals surface area contributed by atoms with Gasteiger partial charge in [0.2, 0.25) is 0 Å². The van der Waals surface area contributed by atoms with Gasteiger partial charge in [-0.3, -0.25) is 4.98 Å². The van der Waals surface area contributed by atoms with E-state index in [4.69, 9.17) is 11.6 Å². The number of halogens is 1. The highest BCUT2D eigenvalue weighted by molar-refractivity contribution is 7.16. The lowest BCUT2D eigenvalue weighted by molar-refractivity contribution is 0.686. The Morgan fingerprint density at radius 1 is 1.25 bits per heavy atom. The van der Waals surface area contributed by atoms with Crippen LogP contribution in [0.1, 0.15) is 10.6 Å². The number of nitrogens with one attached hydrogen (secondary N) is 1. The van der Waals surface area contributed by atoms with Crippen molar-refractivity contribution in [3.8, 4) is 0 Å². The molecule has 0 saturated carbocycles. The standard InChI is InChI=1S/C12H13ClN2S/c13-12-5-4-11(16-12)9-14-8-6-10-3-1-2-7-15-10/h1-5,7,14H,6,8-9H2. The Kier molecular flexibility index (Phi) is 4.34. The van der Waals surface area contributed by atoms with E-state index in [0.717, 1.165) is 29.5 Å². The van der Waals surface area contributed by atoms with Crippen molar-refractivity contribution in [3.05, 3.63) is 51.4 Å².